The number of nitrogens with zero attached hydrogens (tertiary/aromatic N) is 1. The van der Waals surface area contributed by atoms with E-state index in [1.54, 1.807) is 0 Å². The molecule has 0 saturated heterocycles. The van der Waals surface area contributed by atoms with Crippen molar-refractivity contribution in [2.75, 3.05) is 5.73 Å². The van der Waals surface area contributed by atoms with Gasteiger partial charge in [0, 0.05) is 11.1 Å². The summed E-state index contributed by atoms with van der Waals surface area (Å²) in [4.78, 5) is 15.3. The Morgan fingerprint density at radius 2 is 2.22 bits per heavy atom. The molecule has 0 fully saturated rings. The minimum absolute atomic E-state index is 0.0293. The summed E-state index contributed by atoms with van der Waals surface area (Å²) in [7, 11) is 0. The standard InChI is InChI=1S/C11H8F2N2O2S/c12-11(13)17-7-2-1-6(4-16)8(3-7)9-10(14)15-5-18-9/h1-5,11H,14H2. The van der Waals surface area contributed by atoms with Crippen LogP contribution in [-0.4, -0.2) is 17.9 Å². The first-order valence-corrected chi connectivity index (χ1v) is 5.73. The third kappa shape index (κ3) is 2.45. The van der Waals surface area contributed by atoms with E-state index < -0.39 is 6.61 Å². The van der Waals surface area contributed by atoms with Crippen molar-refractivity contribution in [1.82, 2.24) is 4.98 Å². The van der Waals surface area contributed by atoms with Crippen LogP contribution in [0.4, 0.5) is 14.6 Å². The highest BCUT2D eigenvalue weighted by Crippen LogP contribution is 2.34. The second-order valence-electron chi connectivity index (χ2n) is 3.31. The number of hydrogen-bond acceptors (Lipinski definition) is 5. The number of ether oxygens (including phenoxy) is 1. The van der Waals surface area contributed by atoms with Gasteiger partial charge in [-0.25, -0.2) is 4.98 Å². The maximum Gasteiger partial charge on any atom is 0.387 e. The Kier molecular flexibility index (Phi) is 3.52. The molecule has 0 radical (unpaired) electrons. The molecular weight excluding hydrogens is 262 g/mol. The SMILES string of the molecule is Nc1ncsc1-c1cc(OC(F)F)ccc1C=O. The van der Waals surface area contributed by atoms with Gasteiger partial charge in [-0.15, -0.1) is 11.3 Å². The van der Waals surface area contributed by atoms with E-state index in [9.17, 15) is 13.6 Å². The van der Waals surface area contributed by atoms with Crippen molar-refractivity contribution in [3.63, 3.8) is 0 Å². The molecule has 0 bridgehead atoms. The van der Waals surface area contributed by atoms with Crippen molar-refractivity contribution in [3.8, 4) is 16.2 Å². The largest absolute Gasteiger partial charge is 0.435 e. The van der Waals surface area contributed by atoms with E-state index >= 15 is 0 Å². The molecule has 2 N–H and O–H groups in total. The number of aromatic nitrogens is 1. The first kappa shape index (κ1) is 12.4. The molecule has 0 aliphatic rings. The first-order valence-electron chi connectivity index (χ1n) is 4.85. The number of carbonyl (C=O) groups is 1. The van der Waals surface area contributed by atoms with Gasteiger partial charge < -0.3 is 10.5 Å². The lowest BCUT2D eigenvalue weighted by molar-refractivity contribution is -0.0498. The molecule has 0 atom stereocenters. The highest BCUT2D eigenvalue weighted by molar-refractivity contribution is 7.13. The molecule has 0 amide bonds. The highest BCUT2D eigenvalue weighted by Gasteiger charge is 2.13. The fourth-order valence-corrected chi connectivity index (χ4v) is 2.22. The minimum Gasteiger partial charge on any atom is -0.435 e. The van der Waals surface area contributed by atoms with Gasteiger partial charge in [-0.1, -0.05) is 0 Å². The number of alkyl halides is 2. The van der Waals surface area contributed by atoms with Crippen molar-refractivity contribution in [2.24, 2.45) is 0 Å². The molecular formula is C11H8F2N2O2S. The lowest BCUT2D eigenvalue weighted by Crippen LogP contribution is -2.02. The molecule has 0 spiro atoms. The quantitative estimate of drug-likeness (QED) is 0.867. The molecule has 0 aliphatic heterocycles. The van der Waals surface area contributed by atoms with Crippen molar-refractivity contribution in [1.29, 1.82) is 0 Å². The summed E-state index contributed by atoms with van der Waals surface area (Å²) in [6, 6.07) is 4.05. The van der Waals surface area contributed by atoms with E-state index in [-0.39, 0.29) is 11.6 Å². The van der Waals surface area contributed by atoms with Crippen LogP contribution in [0.1, 0.15) is 10.4 Å². The van der Waals surface area contributed by atoms with E-state index in [0.717, 1.165) is 0 Å². The topological polar surface area (TPSA) is 65.2 Å². The summed E-state index contributed by atoms with van der Waals surface area (Å²) >= 11 is 1.22. The van der Waals surface area contributed by atoms with Crippen LogP contribution in [0.25, 0.3) is 10.4 Å². The number of benzene rings is 1. The molecule has 2 aromatic rings. The Bertz CT molecular complexity index is 572. The van der Waals surface area contributed by atoms with E-state index in [2.05, 4.69) is 9.72 Å². The van der Waals surface area contributed by atoms with E-state index in [1.807, 2.05) is 0 Å². The van der Waals surface area contributed by atoms with Crippen LogP contribution in [0.2, 0.25) is 0 Å². The van der Waals surface area contributed by atoms with Gasteiger partial charge in [0.05, 0.1) is 10.4 Å². The number of halogens is 2. The Balaban J connectivity index is 2.49. The first-order chi connectivity index (χ1) is 8.61. The monoisotopic (exact) mass is 270 g/mol. The maximum atomic E-state index is 12.1. The van der Waals surface area contributed by atoms with Crippen LogP contribution in [0, 0.1) is 0 Å². The van der Waals surface area contributed by atoms with Crippen LogP contribution in [-0.2, 0) is 0 Å². The van der Waals surface area contributed by atoms with Crippen molar-refractivity contribution >= 4 is 23.4 Å². The van der Waals surface area contributed by atoms with E-state index in [1.165, 1.54) is 35.0 Å². The second-order valence-corrected chi connectivity index (χ2v) is 4.17. The molecule has 4 nitrogen and oxygen atoms in total. The Morgan fingerprint density at radius 1 is 1.44 bits per heavy atom. The summed E-state index contributed by atoms with van der Waals surface area (Å²) in [5, 5.41) is 0. The third-order valence-corrected chi connectivity index (χ3v) is 3.09. The molecule has 2 rings (SSSR count). The number of hydrogen-bond donors (Lipinski definition) is 1. The Morgan fingerprint density at radius 3 is 2.78 bits per heavy atom. The second kappa shape index (κ2) is 5.09. The van der Waals surface area contributed by atoms with Crippen LogP contribution >= 0.6 is 11.3 Å². The predicted octanol–water partition coefficient (Wildman–Crippen LogP) is 2.81. The molecule has 0 saturated carbocycles. The summed E-state index contributed by atoms with van der Waals surface area (Å²) in [5.41, 5.74) is 7.93. The number of anilines is 1. The fourth-order valence-electron chi connectivity index (χ4n) is 1.47. The highest BCUT2D eigenvalue weighted by atomic mass is 32.1. The average Bonchev–Trinajstić information content (AvgIpc) is 2.74. The van der Waals surface area contributed by atoms with Gasteiger partial charge in [0.1, 0.15) is 11.6 Å². The molecule has 0 aliphatic carbocycles. The summed E-state index contributed by atoms with van der Waals surface area (Å²) < 4.78 is 28.5. The zero-order valence-electron chi connectivity index (χ0n) is 8.97. The van der Waals surface area contributed by atoms with E-state index in [0.29, 0.717) is 22.3 Å². The predicted molar refractivity (Wildman–Crippen MR) is 64.0 cm³/mol. The number of rotatable bonds is 4. The van der Waals surface area contributed by atoms with Crippen LogP contribution in [0.5, 0.6) is 5.75 Å². The number of thiazole rings is 1. The van der Waals surface area contributed by atoms with Crippen LogP contribution in [0.15, 0.2) is 23.7 Å². The summed E-state index contributed by atoms with van der Waals surface area (Å²) in [5.74, 6) is 0.218. The number of nitrogens with two attached hydrogens (primary N) is 1. The number of nitrogen functional groups attached to an aromatic ring is 1. The van der Waals surface area contributed by atoms with Crippen molar-refractivity contribution < 1.29 is 18.3 Å². The average molecular weight is 270 g/mol. The smallest absolute Gasteiger partial charge is 0.387 e. The third-order valence-electron chi connectivity index (χ3n) is 2.22. The van der Waals surface area contributed by atoms with Crippen molar-refractivity contribution in [3.05, 3.63) is 29.3 Å². The van der Waals surface area contributed by atoms with Crippen molar-refractivity contribution in [2.45, 2.75) is 6.61 Å². The minimum atomic E-state index is -2.92. The maximum absolute atomic E-state index is 12.1. The molecule has 1 heterocycles. The molecule has 7 heteroatoms. The van der Waals surface area contributed by atoms with Gasteiger partial charge in [-0.2, -0.15) is 8.78 Å². The zero-order valence-corrected chi connectivity index (χ0v) is 9.79. The zero-order chi connectivity index (χ0) is 13.1. The van der Waals surface area contributed by atoms with Gasteiger partial charge >= 0.3 is 6.61 Å². The van der Waals surface area contributed by atoms with Crippen LogP contribution in [0.3, 0.4) is 0 Å². The Labute approximate surface area is 105 Å². The normalized spacial score (nSPS) is 10.6. The van der Waals surface area contributed by atoms with Gasteiger partial charge in [0.25, 0.3) is 0 Å². The summed E-state index contributed by atoms with van der Waals surface area (Å²) in [6.45, 7) is -2.92. The van der Waals surface area contributed by atoms with E-state index in [4.69, 9.17) is 5.73 Å². The lowest BCUT2D eigenvalue weighted by atomic mass is 10.1. The van der Waals surface area contributed by atoms with Gasteiger partial charge in [-0.3, -0.25) is 4.79 Å². The number of aldehydes is 1. The molecule has 18 heavy (non-hydrogen) atoms. The molecule has 94 valence electrons. The fraction of sp³-hybridized carbons (Fsp3) is 0.0909. The van der Waals surface area contributed by atoms with Gasteiger partial charge in [0.2, 0.25) is 0 Å². The Hall–Kier alpha value is -2.02. The molecule has 0 unspecified atom stereocenters. The van der Waals surface area contributed by atoms with Crippen LogP contribution < -0.4 is 10.5 Å². The molecule has 1 aromatic carbocycles. The molecule has 1 aromatic heterocycles. The summed E-state index contributed by atoms with van der Waals surface area (Å²) in [6.07, 6.45) is 0.626. The number of carbonyl (C=O) groups excluding carboxylic acids is 1. The lowest BCUT2D eigenvalue weighted by Gasteiger charge is -2.08. The van der Waals surface area contributed by atoms with Gasteiger partial charge in [-0.05, 0) is 18.2 Å². The van der Waals surface area contributed by atoms with Gasteiger partial charge in [0.15, 0.2) is 6.29 Å².